The van der Waals surface area contributed by atoms with Gasteiger partial charge in [-0.15, -0.1) is 0 Å². The van der Waals surface area contributed by atoms with Gasteiger partial charge in [-0.2, -0.15) is 0 Å². The molecular weight excluding hydrogens is 288 g/mol. The Morgan fingerprint density at radius 2 is 2.00 bits per heavy atom. The van der Waals surface area contributed by atoms with E-state index in [0.717, 1.165) is 38.5 Å². The van der Waals surface area contributed by atoms with Crippen molar-refractivity contribution in [2.24, 2.45) is 34.5 Å². The molecule has 0 radical (unpaired) electrons. The van der Waals surface area contributed by atoms with Crippen LogP contribution in [-0.2, 0) is 4.79 Å². The summed E-state index contributed by atoms with van der Waals surface area (Å²) >= 11 is 0. The quantitative estimate of drug-likeness (QED) is 0.781. The highest BCUT2D eigenvalue weighted by Gasteiger charge is 2.61. The molecule has 7 atom stereocenters. The Balaban J connectivity index is 1.76. The number of aliphatic hydroxyl groups is 2. The number of rotatable bonds is 1. The van der Waals surface area contributed by atoms with E-state index in [4.69, 9.17) is 0 Å². The van der Waals surface area contributed by atoms with Crippen molar-refractivity contribution in [3.63, 3.8) is 0 Å². The largest absolute Gasteiger partial charge is 0.396 e. The van der Waals surface area contributed by atoms with Gasteiger partial charge in [0.05, 0.1) is 6.10 Å². The monoisotopic (exact) mass is 318 g/mol. The summed E-state index contributed by atoms with van der Waals surface area (Å²) in [5.74, 6) is 2.20. The molecule has 4 aliphatic rings. The lowest BCUT2D eigenvalue weighted by Crippen LogP contribution is -2.55. The van der Waals surface area contributed by atoms with Crippen LogP contribution in [0.2, 0.25) is 0 Å². The molecule has 0 aromatic carbocycles. The molecule has 2 N–H and O–H groups in total. The van der Waals surface area contributed by atoms with Crippen molar-refractivity contribution in [1.29, 1.82) is 0 Å². The normalized spacial score (nSPS) is 52.4. The Morgan fingerprint density at radius 1 is 1.22 bits per heavy atom. The van der Waals surface area contributed by atoms with Crippen molar-refractivity contribution in [1.82, 2.24) is 0 Å². The van der Waals surface area contributed by atoms with Crippen molar-refractivity contribution in [3.05, 3.63) is 11.6 Å². The van der Waals surface area contributed by atoms with Gasteiger partial charge in [0.1, 0.15) is 0 Å². The molecule has 4 aliphatic carbocycles. The molecule has 0 aliphatic heterocycles. The predicted molar refractivity (Wildman–Crippen MR) is 88.7 cm³/mol. The molecule has 0 saturated heterocycles. The van der Waals surface area contributed by atoms with Gasteiger partial charge in [-0.1, -0.05) is 19.4 Å². The first-order chi connectivity index (χ1) is 10.9. The number of fused-ring (bicyclic) bond motifs is 5. The first-order valence-electron chi connectivity index (χ1n) is 9.43. The van der Waals surface area contributed by atoms with Crippen LogP contribution in [0.25, 0.3) is 0 Å². The number of carbonyl (C=O) groups is 1. The van der Waals surface area contributed by atoms with Crippen LogP contribution in [-0.4, -0.2) is 28.7 Å². The van der Waals surface area contributed by atoms with Gasteiger partial charge in [0.25, 0.3) is 0 Å². The Morgan fingerprint density at radius 3 is 2.74 bits per heavy atom. The molecule has 3 saturated carbocycles. The molecule has 128 valence electrons. The van der Waals surface area contributed by atoms with Crippen LogP contribution >= 0.6 is 0 Å². The minimum Gasteiger partial charge on any atom is -0.396 e. The molecule has 3 fully saturated rings. The van der Waals surface area contributed by atoms with E-state index in [9.17, 15) is 15.0 Å². The average molecular weight is 318 g/mol. The summed E-state index contributed by atoms with van der Waals surface area (Å²) in [6, 6.07) is 0. The molecule has 3 nitrogen and oxygen atoms in total. The highest BCUT2D eigenvalue weighted by atomic mass is 16.3. The Bertz CT molecular complexity index is 553. The van der Waals surface area contributed by atoms with Crippen LogP contribution in [0.1, 0.15) is 58.8 Å². The highest BCUT2D eigenvalue weighted by molar-refractivity contribution is 5.91. The number of hydrogen-bond acceptors (Lipinski definition) is 3. The number of aliphatic hydroxyl groups excluding tert-OH is 2. The van der Waals surface area contributed by atoms with Crippen LogP contribution in [0.15, 0.2) is 11.6 Å². The van der Waals surface area contributed by atoms with E-state index in [2.05, 4.69) is 13.8 Å². The molecule has 0 unspecified atom stereocenters. The second-order valence-electron chi connectivity index (χ2n) is 9.13. The molecule has 0 amide bonds. The number of hydrogen-bond donors (Lipinski definition) is 2. The lowest BCUT2D eigenvalue weighted by Gasteiger charge is -2.60. The lowest BCUT2D eigenvalue weighted by molar-refractivity contribution is -0.126. The second-order valence-corrected chi connectivity index (χ2v) is 9.13. The van der Waals surface area contributed by atoms with Crippen molar-refractivity contribution in [2.45, 2.75) is 64.9 Å². The molecule has 3 heteroatoms. The highest BCUT2D eigenvalue weighted by Crippen LogP contribution is 2.66. The van der Waals surface area contributed by atoms with E-state index in [-0.39, 0.29) is 35.2 Å². The summed E-state index contributed by atoms with van der Waals surface area (Å²) in [5, 5.41) is 20.7. The molecule has 4 rings (SSSR count). The first kappa shape index (κ1) is 15.8. The van der Waals surface area contributed by atoms with Crippen LogP contribution in [0.4, 0.5) is 0 Å². The van der Waals surface area contributed by atoms with Gasteiger partial charge < -0.3 is 10.2 Å². The zero-order valence-electron chi connectivity index (χ0n) is 14.4. The second kappa shape index (κ2) is 5.16. The maximum Gasteiger partial charge on any atom is 0.155 e. The van der Waals surface area contributed by atoms with Crippen LogP contribution in [0, 0.1) is 34.5 Å². The topological polar surface area (TPSA) is 57.5 Å². The van der Waals surface area contributed by atoms with Gasteiger partial charge in [-0.25, -0.2) is 0 Å². The lowest BCUT2D eigenvalue weighted by atomic mass is 9.44. The number of allylic oxidation sites excluding steroid dienone is 1. The fourth-order valence-corrected chi connectivity index (χ4v) is 7.11. The molecule has 0 bridgehead atoms. The smallest absolute Gasteiger partial charge is 0.155 e. The standard InChI is InChI=1S/C20H30O3/c1-19-8-7-14(22)9-13(19)3-4-15-16-5-6-17(23)20(16,2)10-12(11-21)18(15)19/h9,12,15-18,21,23H,3-8,10-11H2,1-2H3/t12-,15-,16-,17-,18-,19-,20-/m0/s1. The molecule has 0 heterocycles. The van der Waals surface area contributed by atoms with Crippen LogP contribution in [0.3, 0.4) is 0 Å². The van der Waals surface area contributed by atoms with Gasteiger partial charge in [0.15, 0.2) is 5.78 Å². The maximum absolute atomic E-state index is 11.9. The summed E-state index contributed by atoms with van der Waals surface area (Å²) < 4.78 is 0. The molecule has 0 spiro atoms. The third kappa shape index (κ3) is 2.05. The summed E-state index contributed by atoms with van der Waals surface area (Å²) in [6.45, 7) is 4.82. The van der Waals surface area contributed by atoms with Crippen molar-refractivity contribution in [3.8, 4) is 0 Å². The zero-order valence-corrected chi connectivity index (χ0v) is 14.4. The van der Waals surface area contributed by atoms with Crippen molar-refractivity contribution in [2.75, 3.05) is 6.61 Å². The van der Waals surface area contributed by atoms with Gasteiger partial charge >= 0.3 is 0 Å². The van der Waals surface area contributed by atoms with Gasteiger partial charge in [0, 0.05) is 13.0 Å². The SMILES string of the molecule is C[C@]12C[C@@H](CO)[C@H]3[C@@H](CCC4=CC(=O)CC[C@@]43C)[C@@H]1CC[C@@H]2O. The molecule has 0 aromatic rings. The van der Waals surface area contributed by atoms with Gasteiger partial charge in [0.2, 0.25) is 0 Å². The van der Waals surface area contributed by atoms with Gasteiger partial charge in [-0.3, -0.25) is 4.79 Å². The zero-order chi connectivity index (χ0) is 16.4. The summed E-state index contributed by atoms with van der Waals surface area (Å²) in [6.07, 6.45) is 8.46. The average Bonchev–Trinajstić information content (AvgIpc) is 2.82. The first-order valence-corrected chi connectivity index (χ1v) is 9.43. The third-order valence-electron chi connectivity index (χ3n) is 8.22. The summed E-state index contributed by atoms with van der Waals surface area (Å²) in [7, 11) is 0. The van der Waals surface area contributed by atoms with E-state index in [1.807, 2.05) is 6.08 Å². The van der Waals surface area contributed by atoms with Crippen molar-refractivity contribution < 1.29 is 15.0 Å². The minimum atomic E-state index is -0.208. The minimum absolute atomic E-state index is 0.0172. The third-order valence-corrected chi connectivity index (χ3v) is 8.22. The molecule has 23 heavy (non-hydrogen) atoms. The maximum atomic E-state index is 11.9. The molecule has 0 aromatic heterocycles. The number of ketones is 1. The Labute approximate surface area is 139 Å². The van der Waals surface area contributed by atoms with Gasteiger partial charge in [-0.05, 0) is 79.1 Å². The predicted octanol–water partition coefficient (Wildman–Crippen LogP) is 3.10. The Hall–Kier alpha value is -0.670. The number of carbonyl (C=O) groups excluding carboxylic acids is 1. The Kier molecular flexibility index (Phi) is 3.55. The summed E-state index contributed by atoms with van der Waals surface area (Å²) in [5.41, 5.74) is 1.41. The van der Waals surface area contributed by atoms with E-state index in [1.165, 1.54) is 5.57 Å². The molecular formula is C20H30O3. The van der Waals surface area contributed by atoms with Crippen LogP contribution in [0.5, 0.6) is 0 Å². The fraction of sp³-hybridized carbons (Fsp3) is 0.850. The van der Waals surface area contributed by atoms with E-state index >= 15 is 0 Å². The fourth-order valence-electron chi connectivity index (χ4n) is 7.11. The van der Waals surface area contributed by atoms with Crippen LogP contribution < -0.4 is 0 Å². The van der Waals surface area contributed by atoms with E-state index in [0.29, 0.717) is 24.2 Å². The van der Waals surface area contributed by atoms with E-state index in [1.54, 1.807) is 0 Å². The van der Waals surface area contributed by atoms with E-state index < -0.39 is 0 Å². The van der Waals surface area contributed by atoms with Crippen molar-refractivity contribution >= 4 is 5.78 Å². The summed E-state index contributed by atoms with van der Waals surface area (Å²) in [4.78, 5) is 11.9.